The molecule has 0 bridgehead atoms. The Hall–Kier alpha value is -2.73. The summed E-state index contributed by atoms with van der Waals surface area (Å²) < 4.78 is 19.8. The maximum atomic E-state index is 14.0. The molecule has 34 heavy (non-hydrogen) atoms. The van der Waals surface area contributed by atoms with Crippen molar-refractivity contribution in [3.05, 3.63) is 71.5 Å². The lowest BCUT2D eigenvalue weighted by Gasteiger charge is -2.42. The normalized spacial score (nSPS) is 26.2. The minimum Gasteiger partial charge on any atom is -0.381 e. The monoisotopic (exact) mass is 464 g/mol. The van der Waals surface area contributed by atoms with Gasteiger partial charge in [-0.2, -0.15) is 0 Å². The second kappa shape index (κ2) is 9.49. The van der Waals surface area contributed by atoms with E-state index in [4.69, 9.17) is 4.74 Å². The van der Waals surface area contributed by atoms with Crippen LogP contribution in [-0.4, -0.2) is 60.5 Å². The molecule has 2 amide bonds. The number of carbonyl (C=O) groups excluding carboxylic acids is 2. The van der Waals surface area contributed by atoms with Gasteiger partial charge >= 0.3 is 0 Å². The molecule has 3 saturated heterocycles. The average molecular weight is 465 g/mol. The SMILES string of the molecule is CC1(C(=O)N2C[C@H](c3ccccc3)[C@H]3COCC[C@H]32)CCN(C(=O)Cc2ccccc2F)CC1. The van der Waals surface area contributed by atoms with E-state index in [1.165, 1.54) is 11.6 Å². The van der Waals surface area contributed by atoms with Gasteiger partial charge in [-0.15, -0.1) is 0 Å². The number of rotatable bonds is 4. The summed E-state index contributed by atoms with van der Waals surface area (Å²) in [6.45, 7) is 5.24. The molecule has 3 aliphatic heterocycles. The molecule has 0 saturated carbocycles. The van der Waals surface area contributed by atoms with Gasteiger partial charge in [0.05, 0.1) is 13.0 Å². The van der Waals surface area contributed by atoms with Crippen LogP contribution < -0.4 is 0 Å². The third kappa shape index (κ3) is 4.36. The van der Waals surface area contributed by atoms with Crippen molar-refractivity contribution in [2.45, 2.75) is 44.6 Å². The molecule has 3 fully saturated rings. The average Bonchev–Trinajstić information content (AvgIpc) is 3.25. The molecule has 0 aliphatic carbocycles. The molecule has 0 unspecified atom stereocenters. The van der Waals surface area contributed by atoms with Crippen molar-refractivity contribution in [3.63, 3.8) is 0 Å². The fourth-order valence-corrected chi connectivity index (χ4v) is 6.02. The van der Waals surface area contributed by atoms with E-state index in [2.05, 4.69) is 36.1 Å². The van der Waals surface area contributed by atoms with E-state index < -0.39 is 5.41 Å². The first-order valence-electron chi connectivity index (χ1n) is 12.4. The second-order valence-corrected chi connectivity index (χ2v) is 10.3. The van der Waals surface area contributed by atoms with Gasteiger partial charge in [0.15, 0.2) is 0 Å². The summed E-state index contributed by atoms with van der Waals surface area (Å²) >= 11 is 0. The number of fused-ring (bicyclic) bond motifs is 1. The van der Waals surface area contributed by atoms with Crippen LogP contribution in [0.1, 0.15) is 43.2 Å². The van der Waals surface area contributed by atoms with Crippen LogP contribution in [0.15, 0.2) is 54.6 Å². The van der Waals surface area contributed by atoms with E-state index in [1.807, 2.05) is 6.07 Å². The van der Waals surface area contributed by atoms with Crippen LogP contribution >= 0.6 is 0 Å². The Morgan fingerprint density at radius 1 is 1.06 bits per heavy atom. The van der Waals surface area contributed by atoms with Crippen LogP contribution in [-0.2, 0) is 20.7 Å². The van der Waals surface area contributed by atoms with Gasteiger partial charge in [-0.05, 0) is 36.5 Å². The smallest absolute Gasteiger partial charge is 0.228 e. The highest BCUT2D eigenvalue weighted by atomic mass is 19.1. The van der Waals surface area contributed by atoms with Crippen molar-refractivity contribution >= 4 is 11.8 Å². The Balaban J connectivity index is 1.26. The van der Waals surface area contributed by atoms with Crippen molar-refractivity contribution in [2.75, 3.05) is 32.8 Å². The third-order valence-electron chi connectivity index (χ3n) is 8.20. The molecule has 3 heterocycles. The number of nitrogens with zero attached hydrogens (tertiary/aromatic N) is 2. The molecule has 5 rings (SSSR count). The van der Waals surface area contributed by atoms with Crippen molar-refractivity contribution in [1.29, 1.82) is 0 Å². The number of carbonyl (C=O) groups is 2. The van der Waals surface area contributed by atoms with Crippen LogP contribution in [0, 0.1) is 17.2 Å². The summed E-state index contributed by atoms with van der Waals surface area (Å²) in [6, 6.07) is 17.1. The summed E-state index contributed by atoms with van der Waals surface area (Å²) in [7, 11) is 0. The highest BCUT2D eigenvalue weighted by Gasteiger charge is 2.50. The Kier molecular flexibility index (Phi) is 6.43. The summed E-state index contributed by atoms with van der Waals surface area (Å²) in [5.74, 6) is 0.409. The van der Waals surface area contributed by atoms with Crippen LogP contribution in [0.25, 0.3) is 0 Å². The Bertz CT molecular complexity index is 1030. The van der Waals surface area contributed by atoms with Crippen LogP contribution in [0.5, 0.6) is 0 Å². The Morgan fingerprint density at radius 3 is 2.50 bits per heavy atom. The lowest BCUT2D eigenvalue weighted by Crippen LogP contribution is -2.52. The molecular weight excluding hydrogens is 431 g/mol. The third-order valence-corrected chi connectivity index (χ3v) is 8.20. The van der Waals surface area contributed by atoms with Gasteiger partial charge in [-0.1, -0.05) is 55.5 Å². The molecule has 5 nitrogen and oxygen atoms in total. The van der Waals surface area contributed by atoms with E-state index in [9.17, 15) is 14.0 Å². The molecular formula is C28H33FN2O3. The van der Waals surface area contributed by atoms with Crippen LogP contribution in [0.2, 0.25) is 0 Å². The van der Waals surface area contributed by atoms with Gasteiger partial charge < -0.3 is 14.5 Å². The van der Waals surface area contributed by atoms with Gasteiger partial charge in [-0.3, -0.25) is 9.59 Å². The van der Waals surface area contributed by atoms with Gasteiger partial charge in [-0.25, -0.2) is 4.39 Å². The number of ether oxygens (including phenoxy) is 1. The van der Waals surface area contributed by atoms with E-state index >= 15 is 0 Å². The minimum absolute atomic E-state index is 0.0615. The zero-order chi connectivity index (χ0) is 23.7. The predicted molar refractivity (Wildman–Crippen MR) is 128 cm³/mol. The molecule has 0 spiro atoms. The maximum absolute atomic E-state index is 14.0. The highest BCUT2D eigenvalue weighted by molar-refractivity contribution is 5.84. The molecule has 180 valence electrons. The Labute approximate surface area is 200 Å². The number of hydrogen-bond donors (Lipinski definition) is 0. The van der Waals surface area contributed by atoms with E-state index in [1.54, 1.807) is 23.1 Å². The van der Waals surface area contributed by atoms with Crippen LogP contribution in [0.4, 0.5) is 4.39 Å². The zero-order valence-electron chi connectivity index (χ0n) is 19.8. The second-order valence-electron chi connectivity index (χ2n) is 10.3. The highest BCUT2D eigenvalue weighted by Crippen LogP contribution is 2.44. The minimum atomic E-state index is -0.483. The van der Waals surface area contributed by atoms with E-state index in [0.717, 1.165) is 13.0 Å². The summed E-state index contributed by atoms with van der Waals surface area (Å²) in [5.41, 5.74) is 1.21. The maximum Gasteiger partial charge on any atom is 0.228 e. The first-order valence-corrected chi connectivity index (χ1v) is 12.4. The number of benzene rings is 2. The molecule has 2 aromatic carbocycles. The van der Waals surface area contributed by atoms with Gasteiger partial charge in [0, 0.05) is 49.5 Å². The molecule has 3 atom stereocenters. The van der Waals surface area contributed by atoms with Gasteiger partial charge in [0.2, 0.25) is 11.8 Å². The molecule has 3 aliphatic rings. The summed E-state index contributed by atoms with van der Waals surface area (Å²) in [6.07, 6.45) is 2.21. The lowest BCUT2D eigenvalue weighted by atomic mass is 9.78. The summed E-state index contributed by atoms with van der Waals surface area (Å²) in [4.78, 5) is 30.6. The largest absolute Gasteiger partial charge is 0.381 e. The van der Waals surface area contributed by atoms with Gasteiger partial charge in [0.1, 0.15) is 5.82 Å². The number of likely N-dealkylation sites (tertiary alicyclic amines) is 2. The lowest BCUT2D eigenvalue weighted by molar-refractivity contribution is -0.149. The number of halogens is 1. The fraction of sp³-hybridized carbons (Fsp3) is 0.500. The number of hydrogen-bond acceptors (Lipinski definition) is 3. The zero-order valence-corrected chi connectivity index (χ0v) is 19.8. The standard InChI is InChI=1S/C28H33FN2O3/c1-28(12-14-30(15-13-28)26(32)17-21-9-5-6-10-24(21)29)27(33)31-18-22(20-7-3-2-4-8-20)23-19-34-16-11-25(23)31/h2-10,22-23,25H,11-19H2,1H3/t22-,23-,25-/m1/s1. The van der Waals surface area contributed by atoms with E-state index in [-0.39, 0.29) is 30.1 Å². The molecule has 2 aromatic rings. The molecule has 0 radical (unpaired) electrons. The first kappa shape index (κ1) is 23.0. The molecule has 6 heteroatoms. The quantitative estimate of drug-likeness (QED) is 0.687. The fourth-order valence-electron chi connectivity index (χ4n) is 6.02. The first-order chi connectivity index (χ1) is 16.5. The number of amides is 2. The molecule has 0 N–H and O–H groups in total. The Morgan fingerprint density at radius 2 is 1.76 bits per heavy atom. The summed E-state index contributed by atoms with van der Waals surface area (Å²) in [5, 5.41) is 0. The van der Waals surface area contributed by atoms with Crippen molar-refractivity contribution < 1.29 is 18.7 Å². The van der Waals surface area contributed by atoms with Crippen molar-refractivity contribution in [2.24, 2.45) is 11.3 Å². The predicted octanol–water partition coefficient (Wildman–Crippen LogP) is 4.03. The van der Waals surface area contributed by atoms with E-state index in [0.29, 0.717) is 56.5 Å². The number of piperidine rings is 1. The van der Waals surface area contributed by atoms with Crippen LogP contribution in [0.3, 0.4) is 0 Å². The van der Waals surface area contributed by atoms with Gasteiger partial charge in [0.25, 0.3) is 0 Å². The topological polar surface area (TPSA) is 49.9 Å². The molecule has 0 aromatic heterocycles. The van der Waals surface area contributed by atoms with Crippen molar-refractivity contribution in [1.82, 2.24) is 9.80 Å². The van der Waals surface area contributed by atoms with Crippen molar-refractivity contribution in [3.8, 4) is 0 Å².